The number of halogens is 2. The molecule has 0 unspecified atom stereocenters. The fourth-order valence-corrected chi connectivity index (χ4v) is 4.71. The third-order valence-corrected chi connectivity index (χ3v) is 6.13. The summed E-state index contributed by atoms with van der Waals surface area (Å²) in [4.78, 5) is 8.27. The van der Waals surface area contributed by atoms with Crippen LogP contribution >= 0.6 is 34.5 Å². The molecule has 0 bridgehead atoms. The van der Waals surface area contributed by atoms with Crippen LogP contribution in [0, 0.1) is 6.92 Å². The number of nitrogens with zero attached hydrogens (tertiary/aromatic N) is 4. The summed E-state index contributed by atoms with van der Waals surface area (Å²) < 4.78 is 1.51. The van der Waals surface area contributed by atoms with E-state index in [1.807, 2.05) is 19.1 Å². The third kappa shape index (κ3) is 2.67. The molecule has 126 valence electrons. The molecule has 1 atom stereocenters. The van der Waals surface area contributed by atoms with Crippen molar-refractivity contribution in [1.82, 2.24) is 19.5 Å². The van der Waals surface area contributed by atoms with Gasteiger partial charge in [-0.3, -0.25) is 4.90 Å². The molecule has 0 amide bonds. The Labute approximate surface area is 153 Å². The van der Waals surface area contributed by atoms with Crippen molar-refractivity contribution in [2.24, 2.45) is 0 Å². The van der Waals surface area contributed by atoms with Gasteiger partial charge in [0, 0.05) is 0 Å². The number of hydrogen-bond acceptors (Lipinski definition) is 5. The molecule has 24 heavy (non-hydrogen) atoms. The second-order valence-corrected chi connectivity index (χ2v) is 7.79. The lowest BCUT2D eigenvalue weighted by Crippen LogP contribution is -2.26. The number of rotatable bonds is 3. The molecule has 3 aromatic rings. The van der Waals surface area contributed by atoms with E-state index < -0.39 is 0 Å². The van der Waals surface area contributed by atoms with Crippen LogP contribution in [0.15, 0.2) is 18.2 Å². The van der Waals surface area contributed by atoms with E-state index in [1.54, 1.807) is 6.07 Å². The third-order valence-electron chi connectivity index (χ3n) is 4.32. The Hall–Kier alpha value is -1.34. The summed E-state index contributed by atoms with van der Waals surface area (Å²) in [5, 5.41) is 16.0. The number of aromatic hydroxyl groups is 1. The van der Waals surface area contributed by atoms with Crippen molar-refractivity contribution >= 4 is 39.5 Å². The largest absolute Gasteiger partial charge is 0.492 e. The maximum atomic E-state index is 10.7. The summed E-state index contributed by atoms with van der Waals surface area (Å²) >= 11 is 13.8. The first-order valence-electron chi connectivity index (χ1n) is 7.78. The molecule has 1 aromatic carbocycles. The Morgan fingerprint density at radius 3 is 2.62 bits per heavy atom. The maximum Gasteiger partial charge on any atom is 0.230 e. The van der Waals surface area contributed by atoms with E-state index in [0.717, 1.165) is 36.4 Å². The van der Waals surface area contributed by atoms with Gasteiger partial charge in [0.05, 0.1) is 21.0 Å². The summed E-state index contributed by atoms with van der Waals surface area (Å²) in [6, 6.07) is 5.59. The van der Waals surface area contributed by atoms with E-state index in [2.05, 4.69) is 15.0 Å². The molecule has 0 spiro atoms. The molecule has 0 saturated carbocycles. The SMILES string of the molecule is Cc1nc2sc([C@@H](c3ccc(Cl)c(Cl)c3)N3CCCC3)c(O)n2n1. The normalized spacial score (nSPS) is 17.0. The summed E-state index contributed by atoms with van der Waals surface area (Å²) in [5.74, 6) is 0.800. The molecular formula is C16H16Cl2N4OS. The van der Waals surface area contributed by atoms with Gasteiger partial charge in [-0.15, -0.1) is 5.10 Å². The lowest BCUT2D eigenvalue weighted by Gasteiger charge is -2.27. The van der Waals surface area contributed by atoms with E-state index in [4.69, 9.17) is 23.2 Å². The van der Waals surface area contributed by atoms with Crippen LogP contribution < -0.4 is 0 Å². The zero-order valence-corrected chi connectivity index (χ0v) is 15.4. The molecular weight excluding hydrogens is 367 g/mol. The summed E-state index contributed by atoms with van der Waals surface area (Å²) in [5.41, 5.74) is 1.02. The van der Waals surface area contributed by atoms with Crippen LogP contribution in [-0.4, -0.2) is 37.7 Å². The van der Waals surface area contributed by atoms with Crippen LogP contribution in [-0.2, 0) is 0 Å². The second kappa shape index (κ2) is 6.19. The number of benzene rings is 1. The van der Waals surface area contributed by atoms with E-state index in [9.17, 15) is 5.11 Å². The molecule has 5 nitrogen and oxygen atoms in total. The first-order valence-corrected chi connectivity index (χ1v) is 9.36. The molecule has 1 saturated heterocycles. The van der Waals surface area contributed by atoms with Gasteiger partial charge in [-0.25, -0.2) is 4.98 Å². The van der Waals surface area contributed by atoms with E-state index in [0.29, 0.717) is 20.8 Å². The Morgan fingerprint density at radius 1 is 1.21 bits per heavy atom. The van der Waals surface area contributed by atoms with Gasteiger partial charge in [0.25, 0.3) is 0 Å². The minimum Gasteiger partial charge on any atom is -0.492 e. The van der Waals surface area contributed by atoms with Crippen molar-refractivity contribution in [3.63, 3.8) is 0 Å². The van der Waals surface area contributed by atoms with Crippen LogP contribution in [0.4, 0.5) is 0 Å². The molecule has 2 aromatic heterocycles. The van der Waals surface area contributed by atoms with Crippen LogP contribution in [0.5, 0.6) is 5.88 Å². The summed E-state index contributed by atoms with van der Waals surface area (Å²) in [6.07, 6.45) is 2.30. The van der Waals surface area contributed by atoms with Crippen LogP contribution in [0.2, 0.25) is 10.0 Å². The Bertz CT molecular complexity index is 901. The quantitative estimate of drug-likeness (QED) is 0.733. The molecule has 3 heterocycles. The fourth-order valence-electron chi connectivity index (χ4n) is 3.24. The van der Waals surface area contributed by atoms with Crippen molar-refractivity contribution in [3.05, 3.63) is 44.5 Å². The average molecular weight is 383 g/mol. The predicted octanol–water partition coefficient (Wildman–Crippen LogP) is 4.30. The highest BCUT2D eigenvalue weighted by Crippen LogP contribution is 2.42. The van der Waals surface area contributed by atoms with Crippen molar-refractivity contribution in [3.8, 4) is 5.88 Å². The molecule has 4 rings (SSSR count). The van der Waals surface area contributed by atoms with Gasteiger partial charge in [-0.2, -0.15) is 4.52 Å². The first-order chi connectivity index (χ1) is 11.5. The number of thiazole rings is 1. The maximum absolute atomic E-state index is 10.7. The number of fused-ring (bicyclic) bond motifs is 1. The topological polar surface area (TPSA) is 53.7 Å². The Balaban J connectivity index is 1.86. The molecule has 1 aliphatic rings. The Morgan fingerprint density at radius 2 is 1.96 bits per heavy atom. The monoisotopic (exact) mass is 382 g/mol. The van der Waals surface area contributed by atoms with Crippen molar-refractivity contribution in [1.29, 1.82) is 0 Å². The standard InChI is InChI=1S/C16H16Cl2N4OS/c1-9-19-16-22(20-9)15(23)14(24-16)13(21-6-2-3-7-21)10-4-5-11(17)12(18)8-10/h4-5,8,13,23H,2-3,6-7H2,1H3/t13-/m1/s1. The van der Waals surface area contributed by atoms with E-state index in [-0.39, 0.29) is 11.9 Å². The van der Waals surface area contributed by atoms with Crippen molar-refractivity contribution in [2.75, 3.05) is 13.1 Å². The van der Waals surface area contributed by atoms with Crippen LogP contribution in [0.25, 0.3) is 4.96 Å². The van der Waals surface area contributed by atoms with E-state index >= 15 is 0 Å². The number of aryl methyl sites for hydroxylation is 1. The highest BCUT2D eigenvalue weighted by molar-refractivity contribution is 7.17. The molecule has 1 aliphatic heterocycles. The van der Waals surface area contributed by atoms with Crippen molar-refractivity contribution in [2.45, 2.75) is 25.8 Å². The van der Waals surface area contributed by atoms with Gasteiger partial charge in [0.15, 0.2) is 0 Å². The van der Waals surface area contributed by atoms with Crippen LogP contribution in [0.1, 0.15) is 35.1 Å². The summed E-state index contributed by atoms with van der Waals surface area (Å²) in [7, 11) is 0. The van der Waals surface area contributed by atoms with E-state index in [1.165, 1.54) is 15.9 Å². The number of hydrogen-bond donors (Lipinski definition) is 1. The molecule has 0 aliphatic carbocycles. The van der Waals surface area contributed by atoms with Gasteiger partial charge in [0.1, 0.15) is 5.82 Å². The van der Waals surface area contributed by atoms with Gasteiger partial charge >= 0.3 is 0 Å². The minimum absolute atomic E-state index is 0.0731. The lowest BCUT2D eigenvalue weighted by molar-refractivity contribution is 0.277. The predicted molar refractivity (Wildman–Crippen MR) is 96.4 cm³/mol. The highest BCUT2D eigenvalue weighted by Gasteiger charge is 2.31. The smallest absolute Gasteiger partial charge is 0.230 e. The molecule has 8 heteroatoms. The molecule has 1 N–H and O–H groups in total. The van der Waals surface area contributed by atoms with Crippen LogP contribution in [0.3, 0.4) is 0 Å². The van der Waals surface area contributed by atoms with Gasteiger partial charge < -0.3 is 5.11 Å². The summed E-state index contributed by atoms with van der Waals surface area (Å²) in [6.45, 7) is 3.78. The Kier molecular flexibility index (Phi) is 4.16. The molecule has 1 fully saturated rings. The fraction of sp³-hybridized carbons (Fsp3) is 0.375. The van der Waals surface area contributed by atoms with Gasteiger partial charge in [0.2, 0.25) is 10.8 Å². The lowest BCUT2D eigenvalue weighted by atomic mass is 10.0. The van der Waals surface area contributed by atoms with Gasteiger partial charge in [-0.05, 0) is 50.6 Å². The average Bonchev–Trinajstić information content (AvgIpc) is 3.24. The first kappa shape index (κ1) is 16.1. The zero-order valence-electron chi connectivity index (χ0n) is 13.0. The van der Waals surface area contributed by atoms with Crippen molar-refractivity contribution < 1.29 is 5.11 Å². The zero-order chi connectivity index (χ0) is 16.8. The highest BCUT2D eigenvalue weighted by atomic mass is 35.5. The minimum atomic E-state index is -0.0731. The second-order valence-electron chi connectivity index (χ2n) is 5.96. The number of aromatic nitrogens is 3. The van der Waals surface area contributed by atoms with Gasteiger partial charge in [-0.1, -0.05) is 40.6 Å². The molecule has 0 radical (unpaired) electrons. The number of likely N-dealkylation sites (tertiary alicyclic amines) is 1.